The van der Waals surface area contributed by atoms with Gasteiger partial charge >= 0.3 is 0 Å². The minimum atomic E-state index is -0.254. The monoisotopic (exact) mass is 342 g/mol. The van der Waals surface area contributed by atoms with Gasteiger partial charge < -0.3 is 14.7 Å². The maximum atomic E-state index is 12.7. The third-order valence-corrected chi connectivity index (χ3v) is 4.35. The van der Waals surface area contributed by atoms with Crippen molar-refractivity contribution in [3.05, 3.63) is 47.6 Å². The number of hydrogen-bond acceptors (Lipinski definition) is 5. The van der Waals surface area contributed by atoms with Crippen LogP contribution in [-0.4, -0.2) is 39.9 Å². The Morgan fingerprint density at radius 1 is 1.24 bits per heavy atom. The van der Waals surface area contributed by atoms with E-state index in [0.29, 0.717) is 23.8 Å². The number of amides is 2. The maximum absolute atomic E-state index is 12.7. The molecule has 3 rings (SSSR count). The van der Waals surface area contributed by atoms with E-state index in [0.717, 1.165) is 25.7 Å². The first-order valence-corrected chi connectivity index (χ1v) is 8.58. The number of benzene rings is 1. The van der Waals surface area contributed by atoms with Crippen LogP contribution in [-0.2, 0) is 4.79 Å². The van der Waals surface area contributed by atoms with Crippen LogP contribution < -0.4 is 5.32 Å². The van der Waals surface area contributed by atoms with Gasteiger partial charge in [-0.15, -0.1) is 0 Å². The van der Waals surface area contributed by atoms with Gasteiger partial charge in [-0.25, -0.2) is 0 Å². The highest BCUT2D eigenvalue weighted by Gasteiger charge is 2.30. The van der Waals surface area contributed by atoms with Gasteiger partial charge in [-0.05, 0) is 25.0 Å². The lowest BCUT2D eigenvalue weighted by Crippen LogP contribution is -2.42. The number of aryl methyl sites for hydroxylation is 1. The van der Waals surface area contributed by atoms with E-state index in [4.69, 9.17) is 4.52 Å². The standard InChI is InChI=1S/C18H22N4O3/c1-13-20-17(21-25-13)15-10-6-3-7-11-22(15)16(23)12-19-18(24)14-8-4-2-5-9-14/h2,4-5,8-9,15H,3,6-7,10-12H2,1H3,(H,19,24)/t15-/m0/s1. The summed E-state index contributed by atoms with van der Waals surface area (Å²) in [7, 11) is 0. The van der Waals surface area contributed by atoms with Crippen LogP contribution >= 0.6 is 0 Å². The quantitative estimate of drug-likeness (QED) is 0.920. The summed E-state index contributed by atoms with van der Waals surface area (Å²) in [4.78, 5) is 30.9. The average Bonchev–Trinajstić information content (AvgIpc) is 2.92. The first-order valence-electron chi connectivity index (χ1n) is 8.58. The van der Waals surface area contributed by atoms with E-state index in [-0.39, 0.29) is 24.4 Å². The summed E-state index contributed by atoms with van der Waals surface area (Å²) >= 11 is 0. The fraction of sp³-hybridized carbons (Fsp3) is 0.444. The summed E-state index contributed by atoms with van der Waals surface area (Å²) in [5.41, 5.74) is 0.538. The molecule has 1 aliphatic rings. The topological polar surface area (TPSA) is 88.3 Å². The SMILES string of the molecule is Cc1nc([C@@H]2CCCCCN2C(=O)CNC(=O)c2ccccc2)no1. The van der Waals surface area contributed by atoms with E-state index in [1.165, 1.54) is 0 Å². The van der Waals surface area contributed by atoms with Crippen LogP contribution in [0.4, 0.5) is 0 Å². The molecule has 2 heterocycles. The van der Waals surface area contributed by atoms with Crippen LogP contribution in [0.3, 0.4) is 0 Å². The Balaban J connectivity index is 1.66. The van der Waals surface area contributed by atoms with Crippen LogP contribution in [0.1, 0.15) is 53.8 Å². The van der Waals surface area contributed by atoms with E-state index >= 15 is 0 Å². The zero-order valence-electron chi connectivity index (χ0n) is 14.3. The largest absolute Gasteiger partial charge is 0.343 e. The van der Waals surface area contributed by atoms with Crippen molar-refractivity contribution in [2.24, 2.45) is 0 Å². The number of likely N-dealkylation sites (tertiary alicyclic amines) is 1. The normalized spacial score (nSPS) is 17.8. The van der Waals surface area contributed by atoms with Crippen LogP contribution in [0.2, 0.25) is 0 Å². The maximum Gasteiger partial charge on any atom is 0.251 e. The van der Waals surface area contributed by atoms with E-state index in [1.54, 1.807) is 36.1 Å². The zero-order chi connectivity index (χ0) is 17.6. The van der Waals surface area contributed by atoms with E-state index in [2.05, 4.69) is 15.5 Å². The molecule has 0 unspecified atom stereocenters. The third-order valence-electron chi connectivity index (χ3n) is 4.35. The van der Waals surface area contributed by atoms with Crippen molar-refractivity contribution in [3.8, 4) is 0 Å². The van der Waals surface area contributed by atoms with Gasteiger partial charge in [-0.3, -0.25) is 9.59 Å². The van der Waals surface area contributed by atoms with Gasteiger partial charge in [-0.1, -0.05) is 36.2 Å². The molecule has 1 N–H and O–H groups in total. The molecule has 1 fully saturated rings. The highest BCUT2D eigenvalue weighted by molar-refractivity contribution is 5.96. The van der Waals surface area contributed by atoms with Gasteiger partial charge in [-0.2, -0.15) is 4.98 Å². The molecule has 132 valence electrons. The van der Waals surface area contributed by atoms with Crippen molar-refractivity contribution in [2.45, 2.75) is 38.6 Å². The molecule has 1 aromatic heterocycles. The summed E-state index contributed by atoms with van der Waals surface area (Å²) < 4.78 is 5.07. The van der Waals surface area contributed by atoms with Gasteiger partial charge in [0.05, 0.1) is 12.6 Å². The molecule has 0 radical (unpaired) electrons. The smallest absolute Gasteiger partial charge is 0.251 e. The molecule has 2 amide bonds. The average molecular weight is 342 g/mol. The van der Waals surface area contributed by atoms with Gasteiger partial charge in [0.15, 0.2) is 5.82 Å². The van der Waals surface area contributed by atoms with E-state index < -0.39 is 0 Å². The van der Waals surface area contributed by atoms with Crippen molar-refractivity contribution in [1.82, 2.24) is 20.4 Å². The Labute approximate surface area is 146 Å². The highest BCUT2D eigenvalue weighted by Crippen LogP contribution is 2.28. The van der Waals surface area contributed by atoms with Crippen molar-refractivity contribution in [3.63, 3.8) is 0 Å². The van der Waals surface area contributed by atoms with E-state index in [1.807, 2.05) is 6.07 Å². The molecular weight excluding hydrogens is 320 g/mol. The molecule has 7 heteroatoms. The molecule has 7 nitrogen and oxygen atoms in total. The molecule has 0 bridgehead atoms. The first-order chi connectivity index (χ1) is 12.1. The lowest BCUT2D eigenvalue weighted by molar-refractivity contribution is -0.132. The Bertz CT molecular complexity index is 729. The van der Waals surface area contributed by atoms with Crippen LogP contribution in [0.15, 0.2) is 34.9 Å². The molecule has 0 aliphatic carbocycles. The fourth-order valence-corrected chi connectivity index (χ4v) is 3.07. The van der Waals surface area contributed by atoms with Crippen LogP contribution in [0.25, 0.3) is 0 Å². The predicted molar refractivity (Wildman–Crippen MR) is 90.7 cm³/mol. The molecule has 1 atom stereocenters. The van der Waals surface area contributed by atoms with Crippen LogP contribution in [0.5, 0.6) is 0 Å². The lowest BCUT2D eigenvalue weighted by Gasteiger charge is -2.28. The summed E-state index contributed by atoms with van der Waals surface area (Å²) in [6.45, 7) is 2.33. The number of nitrogens with one attached hydrogen (secondary N) is 1. The van der Waals surface area contributed by atoms with Gasteiger partial charge in [0.1, 0.15) is 0 Å². The summed E-state index contributed by atoms with van der Waals surface area (Å²) in [6.07, 6.45) is 3.81. The summed E-state index contributed by atoms with van der Waals surface area (Å²) in [6, 6.07) is 8.67. The molecular formula is C18H22N4O3. The molecule has 0 spiro atoms. The molecule has 0 saturated carbocycles. The Hall–Kier alpha value is -2.70. The molecule has 1 aliphatic heterocycles. The number of carbonyl (C=O) groups excluding carboxylic acids is 2. The second-order valence-corrected chi connectivity index (χ2v) is 6.17. The second kappa shape index (κ2) is 7.92. The Kier molecular flexibility index (Phi) is 5.42. The lowest BCUT2D eigenvalue weighted by atomic mass is 10.1. The molecule has 25 heavy (non-hydrogen) atoms. The Morgan fingerprint density at radius 2 is 2.04 bits per heavy atom. The zero-order valence-corrected chi connectivity index (χ0v) is 14.3. The number of carbonyl (C=O) groups is 2. The van der Waals surface area contributed by atoms with Crippen LogP contribution in [0, 0.1) is 6.92 Å². The summed E-state index contributed by atoms with van der Waals surface area (Å²) in [5, 5.41) is 6.69. The fourth-order valence-electron chi connectivity index (χ4n) is 3.07. The minimum Gasteiger partial charge on any atom is -0.343 e. The molecule has 1 aromatic carbocycles. The molecule has 1 saturated heterocycles. The highest BCUT2D eigenvalue weighted by atomic mass is 16.5. The van der Waals surface area contributed by atoms with E-state index in [9.17, 15) is 9.59 Å². The summed E-state index contributed by atoms with van der Waals surface area (Å²) in [5.74, 6) is 0.653. The minimum absolute atomic E-state index is 0.0406. The van der Waals surface area contributed by atoms with Gasteiger partial charge in [0, 0.05) is 19.0 Å². The van der Waals surface area contributed by atoms with Crippen molar-refractivity contribution >= 4 is 11.8 Å². The van der Waals surface area contributed by atoms with Crippen molar-refractivity contribution < 1.29 is 14.1 Å². The number of hydrogen-bond donors (Lipinski definition) is 1. The Morgan fingerprint density at radius 3 is 2.76 bits per heavy atom. The first kappa shape index (κ1) is 17.1. The number of rotatable bonds is 4. The van der Waals surface area contributed by atoms with Gasteiger partial charge in [0.25, 0.3) is 5.91 Å². The number of aromatic nitrogens is 2. The number of nitrogens with zero attached hydrogens (tertiary/aromatic N) is 3. The van der Waals surface area contributed by atoms with Gasteiger partial charge in [0.2, 0.25) is 11.8 Å². The van der Waals surface area contributed by atoms with Crippen molar-refractivity contribution in [1.29, 1.82) is 0 Å². The predicted octanol–water partition coefficient (Wildman–Crippen LogP) is 2.25. The second-order valence-electron chi connectivity index (χ2n) is 6.17. The molecule has 2 aromatic rings. The third kappa shape index (κ3) is 4.23. The van der Waals surface area contributed by atoms with Crippen molar-refractivity contribution in [2.75, 3.05) is 13.1 Å².